The van der Waals surface area contributed by atoms with Crippen molar-refractivity contribution in [3.05, 3.63) is 36.0 Å². The summed E-state index contributed by atoms with van der Waals surface area (Å²) < 4.78 is 0. The maximum atomic E-state index is 13.3. The molecule has 0 aliphatic heterocycles. The van der Waals surface area contributed by atoms with Gasteiger partial charge in [0.05, 0.1) is 18.8 Å². The van der Waals surface area contributed by atoms with Gasteiger partial charge in [-0.05, 0) is 37.9 Å². The summed E-state index contributed by atoms with van der Waals surface area (Å²) in [6.07, 6.45) is 2.01. The molecule has 13 nitrogen and oxygen atoms in total. The van der Waals surface area contributed by atoms with Gasteiger partial charge in [-0.25, -0.2) is 4.79 Å². The quantitative estimate of drug-likeness (QED) is 0.119. The van der Waals surface area contributed by atoms with Crippen molar-refractivity contribution in [2.45, 2.75) is 62.9 Å². The Kier molecular flexibility index (Phi) is 11.5. The zero-order valence-corrected chi connectivity index (χ0v) is 20.6. The lowest BCUT2D eigenvalue weighted by atomic mass is 10.0. The van der Waals surface area contributed by atoms with Crippen LogP contribution in [0, 0.1) is 0 Å². The molecule has 13 heteroatoms. The molecule has 3 amide bonds. The van der Waals surface area contributed by atoms with E-state index in [-0.39, 0.29) is 6.42 Å². The van der Waals surface area contributed by atoms with Gasteiger partial charge >= 0.3 is 5.97 Å². The lowest BCUT2D eigenvalue weighted by Crippen LogP contribution is -2.60. The fourth-order valence-corrected chi connectivity index (χ4v) is 3.75. The number of carbonyl (C=O) groups excluding carboxylic acids is 3. The zero-order chi connectivity index (χ0) is 27.5. The second kappa shape index (κ2) is 14.3. The van der Waals surface area contributed by atoms with Gasteiger partial charge in [-0.2, -0.15) is 0 Å². The van der Waals surface area contributed by atoms with Crippen LogP contribution >= 0.6 is 0 Å². The van der Waals surface area contributed by atoms with E-state index >= 15 is 0 Å². The molecule has 2 aromatic rings. The number of carboxylic acid groups (broad SMARTS) is 1. The first kappa shape index (κ1) is 29.7. The van der Waals surface area contributed by atoms with Crippen molar-refractivity contribution in [1.29, 1.82) is 0 Å². The Morgan fingerprint density at radius 1 is 1.00 bits per heavy atom. The number of amides is 3. The van der Waals surface area contributed by atoms with Crippen LogP contribution in [0.4, 0.5) is 0 Å². The van der Waals surface area contributed by atoms with Crippen molar-refractivity contribution in [2.75, 3.05) is 13.2 Å². The number of unbranched alkanes of at least 4 members (excludes halogenated alkanes) is 1. The van der Waals surface area contributed by atoms with E-state index in [0.717, 1.165) is 16.5 Å². The summed E-state index contributed by atoms with van der Waals surface area (Å²) in [6, 6.07) is 2.14. The van der Waals surface area contributed by atoms with Crippen molar-refractivity contribution >= 4 is 34.6 Å². The molecule has 0 saturated heterocycles. The van der Waals surface area contributed by atoms with E-state index in [1.165, 1.54) is 6.92 Å². The minimum absolute atomic E-state index is 0.0413. The minimum atomic E-state index is -1.63. The number of carbonyl (C=O) groups is 4. The second-order valence-electron chi connectivity index (χ2n) is 8.82. The maximum absolute atomic E-state index is 13.3. The van der Waals surface area contributed by atoms with Crippen LogP contribution in [0.25, 0.3) is 10.9 Å². The Labute approximate surface area is 214 Å². The summed E-state index contributed by atoms with van der Waals surface area (Å²) in [6.45, 7) is 0.810. The molecule has 0 radical (unpaired) electrons. The lowest BCUT2D eigenvalue weighted by Gasteiger charge is -2.26. The second-order valence-corrected chi connectivity index (χ2v) is 8.82. The summed E-state index contributed by atoms with van der Waals surface area (Å²) in [7, 11) is 0. The number of hydrogen-bond acceptors (Lipinski definition) is 8. The maximum Gasteiger partial charge on any atom is 0.328 e. The van der Waals surface area contributed by atoms with Crippen molar-refractivity contribution in [3.8, 4) is 0 Å². The Morgan fingerprint density at radius 2 is 1.68 bits per heavy atom. The lowest BCUT2D eigenvalue weighted by molar-refractivity contribution is -0.144. The van der Waals surface area contributed by atoms with Gasteiger partial charge in [0.15, 0.2) is 0 Å². The van der Waals surface area contributed by atoms with Crippen molar-refractivity contribution in [1.82, 2.24) is 20.9 Å². The van der Waals surface area contributed by atoms with Gasteiger partial charge in [0.2, 0.25) is 17.7 Å². The smallest absolute Gasteiger partial charge is 0.328 e. The normalized spacial score (nSPS) is 15.3. The Hall–Kier alpha value is -3.52. The standard InChI is InChI=1S/C24H36N6O7/c1-13(32)20(23(35)29-19(12-31)24(36)37)30-22(34)18(28-21(33)16(26)7-4-5-9-25)10-14-11-27-17-8-3-2-6-15(14)17/h2-3,6,8,11,13,16,18-20,27,31-32H,4-5,7,9-10,12,25-26H2,1H3,(H,28,33)(H,29,35)(H,30,34)(H,36,37). The fraction of sp³-hybridized carbons (Fsp3) is 0.500. The molecule has 37 heavy (non-hydrogen) atoms. The minimum Gasteiger partial charge on any atom is -0.480 e. The van der Waals surface area contributed by atoms with Crippen LogP contribution in [0.5, 0.6) is 0 Å². The number of hydrogen-bond donors (Lipinski definition) is 9. The number of rotatable bonds is 15. The first-order chi connectivity index (χ1) is 17.6. The van der Waals surface area contributed by atoms with Crippen molar-refractivity contribution in [2.24, 2.45) is 11.5 Å². The topological polar surface area (TPSA) is 233 Å². The summed E-state index contributed by atoms with van der Waals surface area (Å²) in [4.78, 5) is 52.9. The molecule has 1 aromatic carbocycles. The van der Waals surface area contributed by atoms with Gasteiger partial charge < -0.3 is 47.7 Å². The summed E-state index contributed by atoms with van der Waals surface area (Å²) in [5.41, 5.74) is 13.0. The Balaban J connectivity index is 2.25. The van der Waals surface area contributed by atoms with Crippen LogP contribution in [-0.2, 0) is 25.6 Å². The predicted octanol–water partition coefficient (Wildman–Crippen LogP) is -1.92. The number of aliphatic hydroxyl groups is 2. The molecular weight excluding hydrogens is 484 g/mol. The fourth-order valence-electron chi connectivity index (χ4n) is 3.75. The van der Waals surface area contributed by atoms with E-state index in [2.05, 4.69) is 20.9 Å². The summed E-state index contributed by atoms with van der Waals surface area (Å²) in [5, 5.41) is 36.3. The van der Waals surface area contributed by atoms with Crippen LogP contribution in [0.1, 0.15) is 31.7 Å². The number of nitrogens with two attached hydrogens (primary N) is 2. The number of benzene rings is 1. The first-order valence-electron chi connectivity index (χ1n) is 12.0. The highest BCUT2D eigenvalue weighted by Gasteiger charge is 2.33. The number of carboxylic acids is 1. The SMILES string of the molecule is CC(O)C(NC(=O)C(Cc1c[nH]c2ccccc12)NC(=O)C(N)CCCCN)C(=O)NC(CO)C(=O)O. The van der Waals surface area contributed by atoms with Crippen LogP contribution < -0.4 is 27.4 Å². The molecule has 1 aromatic heterocycles. The molecule has 5 unspecified atom stereocenters. The number of nitrogens with one attached hydrogen (secondary N) is 4. The van der Waals surface area contributed by atoms with Gasteiger partial charge in [-0.3, -0.25) is 14.4 Å². The first-order valence-corrected chi connectivity index (χ1v) is 12.0. The van der Waals surface area contributed by atoms with E-state index in [9.17, 15) is 29.4 Å². The van der Waals surface area contributed by atoms with E-state index in [0.29, 0.717) is 25.8 Å². The van der Waals surface area contributed by atoms with Gasteiger partial charge in [-0.1, -0.05) is 24.6 Å². The Bertz CT molecular complexity index is 1070. The molecular formula is C24H36N6O7. The monoisotopic (exact) mass is 520 g/mol. The molecule has 0 spiro atoms. The van der Waals surface area contributed by atoms with Crippen LogP contribution in [0.15, 0.2) is 30.5 Å². The highest BCUT2D eigenvalue weighted by molar-refractivity contribution is 5.95. The van der Waals surface area contributed by atoms with E-state index in [1.54, 1.807) is 6.20 Å². The number of fused-ring (bicyclic) bond motifs is 1. The van der Waals surface area contributed by atoms with Crippen LogP contribution in [0.3, 0.4) is 0 Å². The van der Waals surface area contributed by atoms with Crippen molar-refractivity contribution in [3.63, 3.8) is 0 Å². The third-order valence-corrected chi connectivity index (χ3v) is 5.90. The molecule has 204 valence electrons. The van der Waals surface area contributed by atoms with E-state index < -0.39 is 60.6 Å². The highest BCUT2D eigenvalue weighted by Crippen LogP contribution is 2.19. The number of para-hydroxylation sites is 1. The zero-order valence-electron chi connectivity index (χ0n) is 20.6. The van der Waals surface area contributed by atoms with Gasteiger partial charge in [0.1, 0.15) is 18.1 Å². The number of aromatic nitrogens is 1. The number of H-pyrrole nitrogens is 1. The van der Waals surface area contributed by atoms with Crippen molar-refractivity contribution < 1.29 is 34.5 Å². The largest absolute Gasteiger partial charge is 0.480 e. The molecule has 11 N–H and O–H groups in total. The number of aliphatic carboxylic acids is 1. The van der Waals surface area contributed by atoms with Gasteiger partial charge in [-0.15, -0.1) is 0 Å². The average Bonchev–Trinajstić information content (AvgIpc) is 3.27. The molecule has 0 fully saturated rings. The molecule has 0 aliphatic rings. The third-order valence-electron chi connectivity index (χ3n) is 5.90. The molecule has 1 heterocycles. The molecule has 0 saturated carbocycles. The number of aliphatic hydroxyl groups excluding tert-OH is 2. The van der Waals surface area contributed by atoms with Gasteiger partial charge in [0, 0.05) is 23.5 Å². The molecule has 0 bridgehead atoms. The predicted molar refractivity (Wildman–Crippen MR) is 135 cm³/mol. The molecule has 5 atom stereocenters. The summed E-state index contributed by atoms with van der Waals surface area (Å²) in [5.74, 6) is -3.86. The average molecular weight is 521 g/mol. The summed E-state index contributed by atoms with van der Waals surface area (Å²) >= 11 is 0. The Morgan fingerprint density at radius 3 is 2.30 bits per heavy atom. The molecule has 2 rings (SSSR count). The van der Waals surface area contributed by atoms with Gasteiger partial charge in [0.25, 0.3) is 0 Å². The highest BCUT2D eigenvalue weighted by atomic mass is 16.4. The van der Waals surface area contributed by atoms with E-state index in [4.69, 9.17) is 16.6 Å². The number of aromatic amines is 1. The molecule has 0 aliphatic carbocycles. The van der Waals surface area contributed by atoms with Crippen LogP contribution in [0.2, 0.25) is 0 Å². The van der Waals surface area contributed by atoms with Crippen LogP contribution in [-0.4, -0.2) is 87.4 Å². The van der Waals surface area contributed by atoms with E-state index in [1.807, 2.05) is 24.3 Å². The third kappa shape index (κ3) is 8.53.